The molecule has 0 aliphatic carbocycles. The summed E-state index contributed by atoms with van der Waals surface area (Å²) in [4.78, 5) is 23.4. The topological polar surface area (TPSA) is 70.2 Å². The molecule has 5 nitrogen and oxygen atoms in total. The first-order chi connectivity index (χ1) is 11.8. The minimum Gasteiger partial charge on any atom is -0.374 e. The Morgan fingerprint density at radius 2 is 1.68 bits per heavy atom. The summed E-state index contributed by atoms with van der Waals surface area (Å²) >= 11 is 18.1. The Hall–Kier alpha value is -1.95. The van der Waals surface area contributed by atoms with Gasteiger partial charge in [-0.3, -0.25) is 9.59 Å². The predicted octanol–water partition coefficient (Wildman–Crippen LogP) is 5.04. The maximum Gasteiger partial charge on any atom is 0.246 e. The number of hydrogen-bond donors (Lipinski definition) is 3. The van der Waals surface area contributed by atoms with Crippen LogP contribution in [0.3, 0.4) is 0 Å². The number of halogens is 3. The largest absolute Gasteiger partial charge is 0.374 e. The first-order valence-electron chi connectivity index (χ1n) is 7.36. The number of benzene rings is 2. The normalized spacial score (nSPS) is 11.6. The van der Waals surface area contributed by atoms with Gasteiger partial charge in [0, 0.05) is 12.6 Å². The quantitative estimate of drug-likeness (QED) is 0.658. The molecule has 0 saturated heterocycles. The number of carbonyl (C=O) groups is 2. The fourth-order valence-electron chi connectivity index (χ4n) is 2.05. The molecule has 0 radical (unpaired) electrons. The third-order valence-electron chi connectivity index (χ3n) is 3.27. The van der Waals surface area contributed by atoms with Gasteiger partial charge in [-0.25, -0.2) is 0 Å². The van der Waals surface area contributed by atoms with E-state index in [1.54, 1.807) is 43.3 Å². The zero-order valence-corrected chi connectivity index (χ0v) is 15.8. The monoisotopic (exact) mass is 399 g/mol. The standard InChI is InChI=1S/C17H16Cl3N3O2/c1-9(17(25)23-15-5-3-4-12(18)16(15)20)21-11-6-7-14(13(19)8-11)22-10(2)24/h3-9,21H,1-2H3,(H,22,24)(H,23,25). The minimum absolute atomic E-state index is 0.214. The van der Waals surface area contributed by atoms with E-state index in [1.807, 2.05) is 0 Å². The zero-order chi connectivity index (χ0) is 18.6. The summed E-state index contributed by atoms with van der Waals surface area (Å²) in [5.74, 6) is -0.500. The van der Waals surface area contributed by atoms with Gasteiger partial charge in [-0.15, -0.1) is 0 Å². The predicted molar refractivity (Wildman–Crippen MR) is 104 cm³/mol. The van der Waals surface area contributed by atoms with Crippen LogP contribution in [0, 0.1) is 0 Å². The van der Waals surface area contributed by atoms with E-state index in [1.165, 1.54) is 6.92 Å². The average Bonchev–Trinajstić information content (AvgIpc) is 2.54. The van der Waals surface area contributed by atoms with Crippen LogP contribution in [-0.2, 0) is 9.59 Å². The highest BCUT2D eigenvalue weighted by atomic mass is 35.5. The lowest BCUT2D eigenvalue weighted by atomic mass is 10.2. The van der Waals surface area contributed by atoms with E-state index < -0.39 is 6.04 Å². The molecular formula is C17H16Cl3N3O2. The van der Waals surface area contributed by atoms with Gasteiger partial charge in [0.15, 0.2) is 0 Å². The minimum atomic E-state index is -0.558. The molecule has 1 atom stereocenters. The Morgan fingerprint density at radius 3 is 2.32 bits per heavy atom. The SMILES string of the molecule is CC(=O)Nc1ccc(NC(C)C(=O)Nc2cccc(Cl)c2Cl)cc1Cl. The molecule has 2 rings (SSSR count). The smallest absolute Gasteiger partial charge is 0.246 e. The van der Waals surface area contributed by atoms with Crippen LogP contribution in [0.2, 0.25) is 15.1 Å². The van der Waals surface area contributed by atoms with Crippen molar-refractivity contribution in [3.8, 4) is 0 Å². The molecule has 0 bridgehead atoms. The van der Waals surface area contributed by atoms with Crippen molar-refractivity contribution >= 4 is 63.7 Å². The Balaban J connectivity index is 2.04. The molecule has 3 N–H and O–H groups in total. The summed E-state index contributed by atoms with van der Waals surface area (Å²) < 4.78 is 0. The number of carbonyl (C=O) groups excluding carboxylic acids is 2. The van der Waals surface area contributed by atoms with Gasteiger partial charge >= 0.3 is 0 Å². The molecule has 0 saturated carbocycles. The van der Waals surface area contributed by atoms with Crippen molar-refractivity contribution < 1.29 is 9.59 Å². The Labute approximate surface area is 160 Å². The van der Waals surface area contributed by atoms with E-state index in [0.29, 0.717) is 27.1 Å². The van der Waals surface area contributed by atoms with Crippen LogP contribution in [0.15, 0.2) is 36.4 Å². The van der Waals surface area contributed by atoms with Crippen LogP contribution in [0.25, 0.3) is 0 Å². The number of nitrogens with one attached hydrogen (secondary N) is 3. The number of hydrogen-bond acceptors (Lipinski definition) is 3. The summed E-state index contributed by atoms with van der Waals surface area (Å²) in [5.41, 5.74) is 1.58. The Bertz CT molecular complexity index is 812. The average molecular weight is 401 g/mol. The Morgan fingerprint density at radius 1 is 0.960 bits per heavy atom. The molecular weight excluding hydrogens is 385 g/mol. The fourth-order valence-corrected chi connectivity index (χ4v) is 2.63. The number of amides is 2. The van der Waals surface area contributed by atoms with E-state index in [4.69, 9.17) is 34.8 Å². The van der Waals surface area contributed by atoms with Crippen LogP contribution < -0.4 is 16.0 Å². The van der Waals surface area contributed by atoms with E-state index in [2.05, 4.69) is 16.0 Å². The molecule has 0 aromatic heterocycles. The first kappa shape index (κ1) is 19.4. The third kappa shape index (κ3) is 5.26. The fraction of sp³-hybridized carbons (Fsp3) is 0.176. The number of anilines is 3. The van der Waals surface area contributed by atoms with Gasteiger partial charge in [-0.1, -0.05) is 40.9 Å². The molecule has 25 heavy (non-hydrogen) atoms. The molecule has 8 heteroatoms. The van der Waals surface area contributed by atoms with Crippen molar-refractivity contribution in [3.05, 3.63) is 51.5 Å². The molecule has 2 amide bonds. The lowest BCUT2D eigenvalue weighted by Crippen LogP contribution is -2.32. The van der Waals surface area contributed by atoms with Gasteiger partial charge in [0.25, 0.3) is 0 Å². The van der Waals surface area contributed by atoms with Crippen molar-refractivity contribution in [3.63, 3.8) is 0 Å². The van der Waals surface area contributed by atoms with E-state index in [9.17, 15) is 9.59 Å². The van der Waals surface area contributed by atoms with Crippen molar-refractivity contribution in [2.75, 3.05) is 16.0 Å². The summed E-state index contributed by atoms with van der Waals surface area (Å²) in [6, 6.07) is 9.44. The van der Waals surface area contributed by atoms with Crippen LogP contribution >= 0.6 is 34.8 Å². The van der Waals surface area contributed by atoms with Crippen molar-refractivity contribution in [2.45, 2.75) is 19.9 Å². The number of rotatable bonds is 5. The second-order valence-corrected chi connectivity index (χ2v) is 6.52. The third-order valence-corrected chi connectivity index (χ3v) is 4.40. The van der Waals surface area contributed by atoms with Gasteiger partial charge in [0.05, 0.1) is 26.4 Å². The highest BCUT2D eigenvalue weighted by Crippen LogP contribution is 2.30. The molecule has 0 aliphatic rings. The van der Waals surface area contributed by atoms with E-state index in [0.717, 1.165) is 0 Å². The highest BCUT2D eigenvalue weighted by molar-refractivity contribution is 6.44. The van der Waals surface area contributed by atoms with Crippen molar-refractivity contribution in [2.24, 2.45) is 0 Å². The first-order valence-corrected chi connectivity index (χ1v) is 8.50. The highest BCUT2D eigenvalue weighted by Gasteiger charge is 2.15. The van der Waals surface area contributed by atoms with Crippen LogP contribution in [0.5, 0.6) is 0 Å². The second-order valence-electron chi connectivity index (χ2n) is 5.33. The molecule has 2 aromatic rings. The van der Waals surface area contributed by atoms with E-state index in [-0.39, 0.29) is 16.8 Å². The molecule has 0 aliphatic heterocycles. The van der Waals surface area contributed by atoms with Crippen molar-refractivity contribution in [1.29, 1.82) is 0 Å². The maximum atomic E-state index is 12.3. The zero-order valence-electron chi connectivity index (χ0n) is 13.5. The van der Waals surface area contributed by atoms with Crippen LogP contribution in [0.1, 0.15) is 13.8 Å². The summed E-state index contributed by atoms with van der Waals surface area (Å²) in [7, 11) is 0. The molecule has 0 spiro atoms. The molecule has 2 aromatic carbocycles. The maximum absolute atomic E-state index is 12.3. The van der Waals surface area contributed by atoms with Crippen molar-refractivity contribution in [1.82, 2.24) is 0 Å². The van der Waals surface area contributed by atoms with Gasteiger partial charge < -0.3 is 16.0 Å². The summed E-state index contributed by atoms with van der Waals surface area (Å²) in [6.45, 7) is 3.10. The van der Waals surface area contributed by atoms with Gasteiger partial charge in [-0.2, -0.15) is 0 Å². The summed E-state index contributed by atoms with van der Waals surface area (Å²) in [6.07, 6.45) is 0. The van der Waals surface area contributed by atoms with Crippen LogP contribution in [-0.4, -0.2) is 17.9 Å². The van der Waals surface area contributed by atoms with Gasteiger partial charge in [0.2, 0.25) is 11.8 Å². The lowest BCUT2D eigenvalue weighted by Gasteiger charge is -2.17. The Kier molecular flexibility index (Phi) is 6.53. The molecule has 132 valence electrons. The molecule has 0 heterocycles. The van der Waals surface area contributed by atoms with Crippen LogP contribution in [0.4, 0.5) is 17.1 Å². The lowest BCUT2D eigenvalue weighted by molar-refractivity contribution is -0.116. The summed E-state index contributed by atoms with van der Waals surface area (Å²) in [5, 5.41) is 9.38. The van der Waals surface area contributed by atoms with E-state index >= 15 is 0 Å². The van der Waals surface area contributed by atoms with Gasteiger partial charge in [0.1, 0.15) is 6.04 Å². The second kappa shape index (κ2) is 8.43. The molecule has 1 unspecified atom stereocenters. The molecule has 0 fully saturated rings. The van der Waals surface area contributed by atoms with Gasteiger partial charge in [-0.05, 0) is 37.3 Å².